The first-order chi connectivity index (χ1) is 6.38. The molecular weight excluding hydrogens is 212 g/mol. The van der Waals surface area contributed by atoms with Crippen molar-refractivity contribution in [3.63, 3.8) is 0 Å². The average Bonchev–Trinajstić information content (AvgIpc) is 2.22. The topological polar surface area (TPSA) is 85.4 Å². The SMILES string of the molecule is CC.Cl.N.NC1=NCNc2ccccc21. The van der Waals surface area contributed by atoms with Crippen LogP contribution in [0.2, 0.25) is 0 Å². The summed E-state index contributed by atoms with van der Waals surface area (Å²) in [6, 6.07) is 7.88. The van der Waals surface area contributed by atoms with Crippen LogP contribution in [-0.2, 0) is 0 Å². The number of nitrogens with two attached hydrogens (primary N) is 1. The molecule has 0 atom stereocenters. The molecule has 6 N–H and O–H groups in total. The van der Waals surface area contributed by atoms with Crippen molar-refractivity contribution in [1.82, 2.24) is 6.15 Å². The molecule has 1 heterocycles. The molecule has 0 saturated carbocycles. The minimum atomic E-state index is 0. The molecule has 1 aliphatic heterocycles. The van der Waals surface area contributed by atoms with Crippen LogP contribution < -0.4 is 17.2 Å². The second kappa shape index (κ2) is 8.08. The molecule has 0 radical (unpaired) electrons. The van der Waals surface area contributed by atoms with Gasteiger partial charge in [0.25, 0.3) is 0 Å². The van der Waals surface area contributed by atoms with Gasteiger partial charge >= 0.3 is 0 Å². The maximum absolute atomic E-state index is 5.66. The van der Waals surface area contributed by atoms with Crippen LogP contribution in [0.15, 0.2) is 29.3 Å². The number of rotatable bonds is 0. The Balaban J connectivity index is 0. The van der Waals surface area contributed by atoms with Crippen LogP contribution in [0.4, 0.5) is 5.69 Å². The largest absolute Gasteiger partial charge is 0.383 e. The summed E-state index contributed by atoms with van der Waals surface area (Å²) in [7, 11) is 0. The molecule has 86 valence electrons. The van der Waals surface area contributed by atoms with Crippen molar-refractivity contribution in [2.45, 2.75) is 13.8 Å². The zero-order valence-corrected chi connectivity index (χ0v) is 9.97. The lowest BCUT2D eigenvalue weighted by molar-refractivity contribution is 1.10. The van der Waals surface area contributed by atoms with Crippen LogP contribution in [0.3, 0.4) is 0 Å². The van der Waals surface area contributed by atoms with E-state index in [0.717, 1.165) is 11.3 Å². The Kier molecular flexibility index (Phi) is 8.72. The number of anilines is 1. The maximum atomic E-state index is 5.66. The molecule has 4 nitrogen and oxygen atoms in total. The Hall–Kier alpha value is -1.26. The number of nitrogens with one attached hydrogen (secondary N) is 1. The first-order valence-corrected chi connectivity index (χ1v) is 4.51. The molecule has 1 aliphatic rings. The van der Waals surface area contributed by atoms with Gasteiger partial charge in [0, 0.05) is 11.3 Å². The predicted molar refractivity (Wildman–Crippen MR) is 69.3 cm³/mol. The molecule has 0 amide bonds. The fraction of sp³-hybridized carbons (Fsp3) is 0.300. The minimum Gasteiger partial charge on any atom is -0.383 e. The van der Waals surface area contributed by atoms with Crippen LogP contribution in [0.25, 0.3) is 0 Å². The van der Waals surface area contributed by atoms with Gasteiger partial charge in [-0.15, -0.1) is 12.4 Å². The van der Waals surface area contributed by atoms with E-state index >= 15 is 0 Å². The van der Waals surface area contributed by atoms with Crippen LogP contribution in [0.1, 0.15) is 19.4 Å². The Bertz CT molecular complexity index is 312. The third-order valence-electron chi connectivity index (χ3n) is 1.72. The van der Waals surface area contributed by atoms with E-state index in [2.05, 4.69) is 10.3 Å². The van der Waals surface area contributed by atoms with Gasteiger partial charge in [-0.2, -0.15) is 0 Å². The molecule has 0 saturated heterocycles. The van der Waals surface area contributed by atoms with Crippen molar-refractivity contribution >= 4 is 23.9 Å². The molecule has 0 aromatic heterocycles. The highest BCUT2D eigenvalue weighted by molar-refractivity contribution is 6.03. The normalized spacial score (nSPS) is 11.2. The summed E-state index contributed by atoms with van der Waals surface area (Å²) >= 11 is 0. The van der Waals surface area contributed by atoms with Crippen molar-refractivity contribution in [2.24, 2.45) is 10.7 Å². The number of hydrogen-bond donors (Lipinski definition) is 3. The van der Waals surface area contributed by atoms with E-state index in [0.29, 0.717) is 12.5 Å². The van der Waals surface area contributed by atoms with E-state index in [9.17, 15) is 0 Å². The molecule has 0 spiro atoms. The van der Waals surface area contributed by atoms with E-state index in [-0.39, 0.29) is 18.6 Å². The third-order valence-corrected chi connectivity index (χ3v) is 1.72. The fourth-order valence-corrected chi connectivity index (χ4v) is 1.16. The van der Waals surface area contributed by atoms with Crippen molar-refractivity contribution in [3.8, 4) is 0 Å². The summed E-state index contributed by atoms with van der Waals surface area (Å²) in [5.74, 6) is 0.624. The highest BCUT2D eigenvalue weighted by Crippen LogP contribution is 2.16. The summed E-state index contributed by atoms with van der Waals surface area (Å²) in [4.78, 5) is 4.05. The highest BCUT2D eigenvalue weighted by Gasteiger charge is 2.07. The van der Waals surface area contributed by atoms with Gasteiger partial charge in [-0.3, -0.25) is 0 Å². The lowest BCUT2D eigenvalue weighted by atomic mass is 10.1. The minimum absolute atomic E-state index is 0. The first kappa shape index (κ1) is 16.2. The summed E-state index contributed by atoms with van der Waals surface area (Å²) in [6.07, 6.45) is 0. The monoisotopic (exact) mass is 230 g/mol. The van der Waals surface area contributed by atoms with Gasteiger partial charge in [-0.05, 0) is 12.1 Å². The maximum Gasteiger partial charge on any atom is 0.129 e. The van der Waals surface area contributed by atoms with Crippen LogP contribution >= 0.6 is 12.4 Å². The summed E-state index contributed by atoms with van der Waals surface area (Å²) in [5.41, 5.74) is 7.72. The highest BCUT2D eigenvalue weighted by atomic mass is 35.5. The van der Waals surface area contributed by atoms with E-state index in [1.54, 1.807) is 0 Å². The summed E-state index contributed by atoms with van der Waals surface area (Å²) in [6.45, 7) is 4.59. The van der Waals surface area contributed by atoms with E-state index in [1.807, 2.05) is 38.1 Å². The van der Waals surface area contributed by atoms with Crippen LogP contribution in [0.5, 0.6) is 0 Å². The Morgan fingerprint density at radius 3 is 2.47 bits per heavy atom. The molecule has 0 fully saturated rings. The smallest absolute Gasteiger partial charge is 0.129 e. The van der Waals surface area contributed by atoms with E-state index in [4.69, 9.17) is 5.73 Å². The molecule has 0 aliphatic carbocycles. The first-order valence-electron chi connectivity index (χ1n) is 4.51. The number of hydrogen-bond acceptors (Lipinski definition) is 4. The van der Waals surface area contributed by atoms with Crippen molar-refractivity contribution in [2.75, 3.05) is 12.0 Å². The van der Waals surface area contributed by atoms with E-state index < -0.39 is 0 Å². The number of amidine groups is 1. The average molecular weight is 231 g/mol. The molecule has 1 aromatic carbocycles. The number of fused-ring (bicyclic) bond motifs is 1. The number of nitrogens with zero attached hydrogens (tertiary/aromatic N) is 1. The zero-order valence-electron chi connectivity index (χ0n) is 9.16. The molecule has 5 heteroatoms. The third kappa shape index (κ3) is 3.77. The van der Waals surface area contributed by atoms with Gasteiger partial charge in [0.15, 0.2) is 0 Å². The van der Waals surface area contributed by atoms with Crippen molar-refractivity contribution in [3.05, 3.63) is 29.8 Å². The Labute approximate surface area is 97.0 Å². The number of halogens is 1. The van der Waals surface area contributed by atoms with Gasteiger partial charge in [0.05, 0.1) is 0 Å². The van der Waals surface area contributed by atoms with Gasteiger partial charge in [-0.1, -0.05) is 26.0 Å². The molecule has 0 bridgehead atoms. The second-order valence-corrected chi connectivity index (χ2v) is 2.42. The number of aliphatic imine (C=N–C) groups is 1. The number of benzene rings is 1. The number of para-hydroxylation sites is 1. The van der Waals surface area contributed by atoms with Crippen LogP contribution in [0, 0.1) is 0 Å². The van der Waals surface area contributed by atoms with E-state index in [1.165, 1.54) is 0 Å². The van der Waals surface area contributed by atoms with Gasteiger partial charge in [0.1, 0.15) is 12.5 Å². The molecule has 0 unspecified atom stereocenters. The molecule has 2 rings (SSSR count). The Morgan fingerprint density at radius 2 is 1.87 bits per heavy atom. The second-order valence-electron chi connectivity index (χ2n) is 2.42. The zero-order chi connectivity index (χ0) is 9.68. The Morgan fingerprint density at radius 1 is 1.27 bits per heavy atom. The standard InChI is InChI=1S/C8H9N3.C2H6.ClH.H3N/c9-8-6-3-1-2-4-7(6)10-5-11-8;1-2;;/h1-4,10H,5H2,(H2,9,11);1-2H3;1H;1H3. The van der Waals surface area contributed by atoms with Crippen LogP contribution in [-0.4, -0.2) is 12.5 Å². The quantitative estimate of drug-likeness (QED) is 0.640. The molecule has 15 heavy (non-hydrogen) atoms. The summed E-state index contributed by atoms with van der Waals surface area (Å²) < 4.78 is 0. The predicted octanol–water partition coefficient (Wildman–Crippen LogP) is 2.38. The van der Waals surface area contributed by atoms with Gasteiger partial charge < -0.3 is 17.2 Å². The molecule has 1 aromatic rings. The lowest BCUT2D eigenvalue weighted by Gasteiger charge is -2.14. The fourth-order valence-electron chi connectivity index (χ4n) is 1.16. The van der Waals surface area contributed by atoms with Gasteiger partial charge in [-0.25, -0.2) is 4.99 Å². The lowest BCUT2D eigenvalue weighted by Crippen LogP contribution is -2.22. The molecular formula is C10H19ClN4. The van der Waals surface area contributed by atoms with Crippen molar-refractivity contribution in [1.29, 1.82) is 0 Å². The summed E-state index contributed by atoms with van der Waals surface area (Å²) in [5, 5.41) is 3.13. The van der Waals surface area contributed by atoms with Crippen molar-refractivity contribution < 1.29 is 0 Å². The van der Waals surface area contributed by atoms with Gasteiger partial charge in [0.2, 0.25) is 0 Å².